The van der Waals surface area contributed by atoms with Crippen LogP contribution in [-0.2, 0) is 4.79 Å². The van der Waals surface area contributed by atoms with Gasteiger partial charge in [-0.3, -0.25) is 4.79 Å². The number of amides is 1. The minimum absolute atomic E-state index is 0.0403. The number of carbonyl (C=O) groups is 1. The second-order valence-electron chi connectivity index (χ2n) is 6.63. The molecular formula is C20H17N3O4S. The Kier molecular flexibility index (Phi) is 4.40. The first-order valence-corrected chi connectivity index (χ1v) is 9.90. The van der Waals surface area contributed by atoms with Gasteiger partial charge in [0, 0.05) is 11.6 Å². The van der Waals surface area contributed by atoms with Crippen molar-refractivity contribution in [1.29, 1.82) is 0 Å². The van der Waals surface area contributed by atoms with Gasteiger partial charge in [-0.2, -0.15) is 0 Å². The molecule has 0 bridgehead atoms. The number of ether oxygens (including phenoxy) is 2. The highest BCUT2D eigenvalue weighted by atomic mass is 32.2. The molecule has 2 aromatic carbocycles. The van der Waals surface area contributed by atoms with Gasteiger partial charge in [-0.05, 0) is 48.4 Å². The van der Waals surface area contributed by atoms with Crippen LogP contribution in [0.25, 0.3) is 11.5 Å². The summed E-state index contributed by atoms with van der Waals surface area (Å²) in [5.74, 6) is 1.67. The van der Waals surface area contributed by atoms with E-state index in [0.717, 1.165) is 24.0 Å². The van der Waals surface area contributed by atoms with Crippen LogP contribution in [0.4, 0.5) is 0 Å². The van der Waals surface area contributed by atoms with E-state index in [4.69, 9.17) is 13.9 Å². The van der Waals surface area contributed by atoms with E-state index in [1.807, 2.05) is 42.5 Å². The zero-order valence-corrected chi connectivity index (χ0v) is 15.6. The number of aromatic nitrogens is 2. The van der Waals surface area contributed by atoms with Gasteiger partial charge in [-0.1, -0.05) is 30.3 Å². The average molecular weight is 395 g/mol. The monoisotopic (exact) mass is 395 g/mol. The SMILES string of the molecule is O=C(NC1CC1)[C@@H](Sc1nnc(-c2ccc3c(c2)OCO3)o1)c1ccccc1. The van der Waals surface area contributed by atoms with Crippen LogP contribution >= 0.6 is 11.8 Å². The van der Waals surface area contributed by atoms with E-state index in [1.165, 1.54) is 11.8 Å². The molecule has 3 aromatic rings. The zero-order chi connectivity index (χ0) is 18.9. The van der Waals surface area contributed by atoms with Crippen molar-refractivity contribution in [3.05, 3.63) is 54.1 Å². The van der Waals surface area contributed by atoms with Gasteiger partial charge >= 0.3 is 0 Å². The van der Waals surface area contributed by atoms with Crippen molar-refractivity contribution in [2.24, 2.45) is 0 Å². The van der Waals surface area contributed by atoms with Gasteiger partial charge < -0.3 is 19.2 Å². The highest BCUT2D eigenvalue weighted by Gasteiger charge is 2.30. The lowest BCUT2D eigenvalue weighted by atomic mass is 10.1. The number of thioether (sulfide) groups is 1. The predicted molar refractivity (Wildman–Crippen MR) is 102 cm³/mol. The first-order chi connectivity index (χ1) is 13.8. The van der Waals surface area contributed by atoms with Gasteiger partial charge in [0.25, 0.3) is 5.22 Å². The molecule has 0 spiro atoms. The number of hydrogen-bond donors (Lipinski definition) is 1. The highest BCUT2D eigenvalue weighted by Crippen LogP contribution is 2.39. The molecule has 1 saturated carbocycles. The Labute approximate surface area is 165 Å². The molecule has 2 aliphatic rings. The number of nitrogens with one attached hydrogen (secondary N) is 1. The van der Waals surface area contributed by atoms with Crippen molar-refractivity contribution in [3.8, 4) is 23.0 Å². The molecule has 0 saturated heterocycles. The van der Waals surface area contributed by atoms with Crippen LogP contribution in [0, 0.1) is 0 Å². The Morgan fingerprint density at radius 2 is 1.89 bits per heavy atom. The summed E-state index contributed by atoms with van der Waals surface area (Å²) >= 11 is 1.25. The molecule has 0 unspecified atom stereocenters. The first-order valence-electron chi connectivity index (χ1n) is 9.02. The molecule has 8 heteroatoms. The van der Waals surface area contributed by atoms with Crippen LogP contribution in [0.3, 0.4) is 0 Å². The molecule has 1 N–H and O–H groups in total. The Hall–Kier alpha value is -3.00. The van der Waals surface area contributed by atoms with Gasteiger partial charge in [-0.15, -0.1) is 10.2 Å². The lowest BCUT2D eigenvalue weighted by molar-refractivity contribution is -0.120. The highest BCUT2D eigenvalue weighted by molar-refractivity contribution is 8.00. The number of nitrogens with zero attached hydrogens (tertiary/aromatic N) is 2. The molecule has 7 nitrogen and oxygen atoms in total. The molecule has 1 fully saturated rings. The van der Waals surface area contributed by atoms with E-state index < -0.39 is 5.25 Å². The first kappa shape index (κ1) is 17.1. The summed E-state index contributed by atoms with van der Waals surface area (Å²) < 4.78 is 16.5. The Balaban J connectivity index is 1.38. The van der Waals surface area contributed by atoms with Crippen molar-refractivity contribution in [3.63, 3.8) is 0 Å². The standard InChI is InChI=1S/C20H17N3O4S/c24-18(21-14-7-8-14)17(12-4-2-1-3-5-12)28-20-23-22-19(27-20)13-6-9-15-16(10-13)26-11-25-15/h1-6,9-10,14,17H,7-8,11H2,(H,21,24)/t17-/m0/s1. The lowest BCUT2D eigenvalue weighted by Crippen LogP contribution is -2.29. The summed E-state index contributed by atoms with van der Waals surface area (Å²) in [6.07, 6.45) is 2.07. The number of rotatable bonds is 6. The molecule has 1 amide bonds. The van der Waals surface area contributed by atoms with E-state index >= 15 is 0 Å². The lowest BCUT2D eigenvalue weighted by Gasteiger charge is -2.14. The van der Waals surface area contributed by atoms with Crippen molar-refractivity contribution in [2.75, 3.05) is 6.79 Å². The smallest absolute Gasteiger partial charge is 0.277 e. The third-order valence-electron chi connectivity index (χ3n) is 4.51. The molecule has 5 rings (SSSR count). The maximum absolute atomic E-state index is 12.8. The van der Waals surface area contributed by atoms with Crippen LogP contribution in [0.1, 0.15) is 23.7 Å². The summed E-state index contributed by atoms with van der Waals surface area (Å²) in [7, 11) is 0. The molecule has 1 aliphatic heterocycles. The van der Waals surface area contributed by atoms with E-state index in [9.17, 15) is 4.79 Å². The van der Waals surface area contributed by atoms with Crippen molar-refractivity contribution in [2.45, 2.75) is 29.4 Å². The molecule has 0 radical (unpaired) electrons. The van der Waals surface area contributed by atoms with Gasteiger partial charge in [0.1, 0.15) is 5.25 Å². The molecule has 2 heterocycles. The summed E-state index contributed by atoms with van der Waals surface area (Å²) in [6.45, 7) is 0.207. The number of benzene rings is 2. The van der Waals surface area contributed by atoms with E-state index in [0.29, 0.717) is 22.6 Å². The summed E-state index contributed by atoms with van der Waals surface area (Å²) in [5, 5.41) is 11.2. The van der Waals surface area contributed by atoms with Crippen molar-refractivity contribution < 1.29 is 18.7 Å². The van der Waals surface area contributed by atoms with Gasteiger partial charge in [0.05, 0.1) is 0 Å². The fourth-order valence-corrected chi connectivity index (χ4v) is 3.79. The fourth-order valence-electron chi connectivity index (χ4n) is 2.91. The van der Waals surface area contributed by atoms with E-state index in [-0.39, 0.29) is 18.7 Å². The second-order valence-corrected chi connectivity index (χ2v) is 7.69. The molecule has 1 atom stereocenters. The largest absolute Gasteiger partial charge is 0.454 e. The number of carbonyl (C=O) groups excluding carboxylic acids is 1. The van der Waals surface area contributed by atoms with Crippen molar-refractivity contribution in [1.82, 2.24) is 15.5 Å². The van der Waals surface area contributed by atoms with Crippen LogP contribution in [0.5, 0.6) is 11.5 Å². The summed E-state index contributed by atoms with van der Waals surface area (Å²) in [6, 6.07) is 15.4. The van der Waals surface area contributed by atoms with Crippen LogP contribution in [-0.4, -0.2) is 28.9 Å². The predicted octanol–water partition coefficient (Wildman–Crippen LogP) is 3.58. The maximum Gasteiger partial charge on any atom is 0.277 e. The number of hydrogen-bond acceptors (Lipinski definition) is 7. The Bertz CT molecular complexity index is 1000. The van der Waals surface area contributed by atoms with Gasteiger partial charge in [-0.25, -0.2) is 0 Å². The Morgan fingerprint density at radius 1 is 1.07 bits per heavy atom. The molecule has 142 valence electrons. The molecule has 28 heavy (non-hydrogen) atoms. The minimum atomic E-state index is -0.452. The number of fused-ring (bicyclic) bond motifs is 1. The van der Waals surface area contributed by atoms with Gasteiger partial charge in [0.2, 0.25) is 18.6 Å². The average Bonchev–Trinajstić information content (AvgIpc) is 3.22. The van der Waals surface area contributed by atoms with Crippen LogP contribution in [0.2, 0.25) is 0 Å². The summed E-state index contributed by atoms with van der Waals surface area (Å²) in [4.78, 5) is 12.8. The van der Waals surface area contributed by atoms with E-state index in [1.54, 1.807) is 6.07 Å². The third kappa shape index (κ3) is 3.55. The van der Waals surface area contributed by atoms with Crippen LogP contribution < -0.4 is 14.8 Å². The van der Waals surface area contributed by atoms with Crippen molar-refractivity contribution >= 4 is 17.7 Å². The molecule has 1 aliphatic carbocycles. The quantitative estimate of drug-likeness (QED) is 0.639. The molecular weight excluding hydrogens is 378 g/mol. The molecule has 1 aromatic heterocycles. The Morgan fingerprint density at radius 3 is 2.71 bits per heavy atom. The van der Waals surface area contributed by atoms with Crippen LogP contribution in [0.15, 0.2) is 58.2 Å². The van der Waals surface area contributed by atoms with E-state index in [2.05, 4.69) is 15.5 Å². The zero-order valence-electron chi connectivity index (χ0n) is 14.8. The van der Waals surface area contributed by atoms with Gasteiger partial charge in [0.15, 0.2) is 11.5 Å². The summed E-state index contributed by atoms with van der Waals surface area (Å²) in [5.41, 5.74) is 1.63. The third-order valence-corrected chi connectivity index (χ3v) is 5.60. The second kappa shape index (κ2) is 7.20. The maximum atomic E-state index is 12.8. The topological polar surface area (TPSA) is 86.5 Å². The normalized spacial score (nSPS) is 16.0. The minimum Gasteiger partial charge on any atom is -0.454 e. The fraction of sp³-hybridized carbons (Fsp3) is 0.250.